The smallest absolute Gasteiger partial charge is 0.223 e. The summed E-state index contributed by atoms with van der Waals surface area (Å²) in [6.07, 6.45) is 7.21. The predicted octanol–water partition coefficient (Wildman–Crippen LogP) is 1.74. The van der Waals surface area contributed by atoms with E-state index >= 15 is 0 Å². The van der Waals surface area contributed by atoms with E-state index in [0.717, 1.165) is 25.8 Å². The minimum absolute atomic E-state index is 0.158. The molecule has 1 aliphatic heterocycles. The Labute approximate surface area is 123 Å². The van der Waals surface area contributed by atoms with Gasteiger partial charge in [0.05, 0.1) is 0 Å². The molecule has 4 nitrogen and oxygen atoms in total. The van der Waals surface area contributed by atoms with E-state index in [4.69, 9.17) is 5.73 Å². The second-order valence-electron chi connectivity index (χ2n) is 6.71. The summed E-state index contributed by atoms with van der Waals surface area (Å²) in [5.74, 6) is 0.791. The van der Waals surface area contributed by atoms with Crippen LogP contribution in [0.2, 0.25) is 0 Å². The molecule has 0 aromatic heterocycles. The average molecular weight is 281 g/mol. The first-order chi connectivity index (χ1) is 9.63. The normalized spacial score (nSPS) is 33.0. The third-order valence-corrected chi connectivity index (χ3v) is 5.29. The van der Waals surface area contributed by atoms with Gasteiger partial charge in [-0.15, -0.1) is 0 Å². The summed E-state index contributed by atoms with van der Waals surface area (Å²) < 4.78 is 0. The van der Waals surface area contributed by atoms with E-state index in [1.165, 1.54) is 25.8 Å². The topological polar surface area (TPSA) is 58.4 Å². The molecule has 1 heterocycles. The molecule has 0 aromatic rings. The first-order valence-electron chi connectivity index (χ1n) is 8.37. The van der Waals surface area contributed by atoms with Crippen molar-refractivity contribution >= 4 is 5.91 Å². The van der Waals surface area contributed by atoms with Crippen molar-refractivity contribution in [2.75, 3.05) is 19.6 Å². The van der Waals surface area contributed by atoms with Crippen LogP contribution < -0.4 is 11.1 Å². The van der Waals surface area contributed by atoms with Crippen molar-refractivity contribution in [3.05, 3.63) is 0 Å². The molecular formula is C16H31N3O. The maximum Gasteiger partial charge on any atom is 0.223 e. The molecule has 2 aliphatic rings. The van der Waals surface area contributed by atoms with Gasteiger partial charge in [0.15, 0.2) is 0 Å². The van der Waals surface area contributed by atoms with Crippen LogP contribution in [0.4, 0.5) is 0 Å². The largest absolute Gasteiger partial charge is 0.354 e. The molecule has 1 saturated carbocycles. The zero-order valence-corrected chi connectivity index (χ0v) is 13.1. The summed E-state index contributed by atoms with van der Waals surface area (Å²) >= 11 is 0. The van der Waals surface area contributed by atoms with Crippen molar-refractivity contribution < 1.29 is 4.79 Å². The van der Waals surface area contributed by atoms with Gasteiger partial charge in [0.2, 0.25) is 5.91 Å². The van der Waals surface area contributed by atoms with Crippen LogP contribution in [0.3, 0.4) is 0 Å². The first kappa shape index (κ1) is 15.8. The van der Waals surface area contributed by atoms with Crippen LogP contribution in [-0.2, 0) is 4.79 Å². The number of carbonyl (C=O) groups is 1. The van der Waals surface area contributed by atoms with Crippen molar-refractivity contribution in [2.45, 2.75) is 64.5 Å². The number of nitrogens with two attached hydrogens (primary N) is 1. The van der Waals surface area contributed by atoms with Gasteiger partial charge < -0.3 is 11.1 Å². The molecule has 116 valence electrons. The number of nitrogens with one attached hydrogen (secondary N) is 1. The van der Waals surface area contributed by atoms with Gasteiger partial charge >= 0.3 is 0 Å². The number of likely N-dealkylation sites (tertiary alicyclic amines) is 1. The second kappa shape index (κ2) is 7.41. The molecule has 3 N–H and O–H groups in total. The van der Waals surface area contributed by atoms with E-state index in [0.29, 0.717) is 24.5 Å². The number of hydrogen-bond donors (Lipinski definition) is 2. The number of carbonyl (C=O) groups excluding carboxylic acids is 1. The summed E-state index contributed by atoms with van der Waals surface area (Å²) in [7, 11) is 0. The van der Waals surface area contributed by atoms with Gasteiger partial charge in [0.25, 0.3) is 0 Å². The molecule has 0 aromatic carbocycles. The molecule has 4 heteroatoms. The van der Waals surface area contributed by atoms with E-state index in [-0.39, 0.29) is 11.8 Å². The number of hydrogen-bond acceptors (Lipinski definition) is 3. The Morgan fingerprint density at radius 3 is 2.80 bits per heavy atom. The predicted molar refractivity (Wildman–Crippen MR) is 82.4 cm³/mol. The van der Waals surface area contributed by atoms with Crippen molar-refractivity contribution in [1.29, 1.82) is 0 Å². The summed E-state index contributed by atoms with van der Waals surface area (Å²) in [6.45, 7) is 7.14. The van der Waals surface area contributed by atoms with Crippen molar-refractivity contribution in [3.8, 4) is 0 Å². The summed E-state index contributed by atoms with van der Waals surface area (Å²) in [4.78, 5) is 14.8. The van der Waals surface area contributed by atoms with Crippen LogP contribution in [0.5, 0.6) is 0 Å². The van der Waals surface area contributed by atoms with Crippen molar-refractivity contribution in [2.24, 2.45) is 17.6 Å². The quantitative estimate of drug-likeness (QED) is 0.807. The molecule has 2 rings (SSSR count). The van der Waals surface area contributed by atoms with Crippen LogP contribution in [0.1, 0.15) is 52.4 Å². The van der Waals surface area contributed by atoms with Crippen molar-refractivity contribution in [3.63, 3.8) is 0 Å². The van der Waals surface area contributed by atoms with Crippen LogP contribution in [0.15, 0.2) is 0 Å². The third-order valence-electron chi connectivity index (χ3n) is 5.29. The number of rotatable bonds is 5. The second-order valence-corrected chi connectivity index (χ2v) is 6.71. The van der Waals surface area contributed by atoms with Crippen LogP contribution >= 0.6 is 0 Å². The molecule has 0 radical (unpaired) electrons. The molecule has 20 heavy (non-hydrogen) atoms. The summed E-state index contributed by atoms with van der Waals surface area (Å²) in [5.41, 5.74) is 5.76. The third kappa shape index (κ3) is 3.73. The van der Waals surface area contributed by atoms with E-state index < -0.39 is 0 Å². The lowest BCUT2D eigenvalue weighted by Crippen LogP contribution is -2.49. The molecule has 0 spiro atoms. The maximum absolute atomic E-state index is 12.3. The lowest BCUT2D eigenvalue weighted by molar-refractivity contribution is -0.126. The van der Waals surface area contributed by atoms with Crippen molar-refractivity contribution in [1.82, 2.24) is 10.2 Å². The Morgan fingerprint density at radius 2 is 2.10 bits per heavy atom. The molecule has 4 atom stereocenters. The highest BCUT2D eigenvalue weighted by atomic mass is 16.1. The molecular weight excluding hydrogens is 250 g/mol. The summed E-state index contributed by atoms with van der Waals surface area (Å²) in [5, 5.41) is 3.17. The Morgan fingerprint density at radius 1 is 1.30 bits per heavy atom. The molecule has 0 bridgehead atoms. The van der Waals surface area contributed by atoms with Gasteiger partial charge in [-0.2, -0.15) is 0 Å². The fraction of sp³-hybridized carbons (Fsp3) is 0.938. The minimum Gasteiger partial charge on any atom is -0.354 e. The molecule has 1 aliphatic carbocycles. The fourth-order valence-corrected chi connectivity index (χ4v) is 3.94. The molecule has 2 unspecified atom stereocenters. The number of nitrogens with zero attached hydrogens (tertiary/aromatic N) is 1. The minimum atomic E-state index is 0.158. The molecule has 1 amide bonds. The zero-order valence-electron chi connectivity index (χ0n) is 13.1. The Balaban J connectivity index is 1.77. The highest BCUT2D eigenvalue weighted by molar-refractivity contribution is 5.79. The SMILES string of the molecule is CC1CCCCN1C(C)CNC(=O)[C@@H]1CCC[C@@H]1CN. The van der Waals surface area contributed by atoms with E-state index in [1.54, 1.807) is 0 Å². The Hall–Kier alpha value is -0.610. The van der Waals surface area contributed by atoms with Gasteiger partial charge in [0, 0.05) is 24.5 Å². The first-order valence-corrected chi connectivity index (χ1v) is 8.37. The summed E-state index contributed by atoms with van der Waals surface area (Å²) in [6, 6.07) is 1.09. The van der Waals surface area contributed by atoms with Gasteiger partial charge in [-0.05, 0) is 58.5 Å². The van der Waals surface area contributed by atoms with Gasteiger partial charge in [0.1, 0.15) is 0 Å². The Bertz CT molecular complexity index is 321. The van der Waals surface area contributed by atoms with Gasteiger partial charge in [-0.25, -0.2) is 0 Å². The van der Waals surface area contributed by atoms with Crippen LogP contribution in [0, 0.1) is 11.8 Å². The van der Waals surface area contributed by atoms with Crippen LogP contribution in [0.25, 0.3) is 0 Å². The average Bonchev–Trinajstić information content (AvgIpc) is 2.93. The molecule has 2 fully saturated rings. The zero-order chi connectivity index (χ0) is 14.5. The van der Waals surface area contributed by atoms with Gasteiger partial charge in [-0.1, -0.05) is 12.8 Å². The van der Waals surface area contributed by atoms with Crippen LogP contribution in [-0.4, -0.2) is 42.5 Å². The van der Waals surface area contributed by atoms with E-state index in [1.807, 2.05) is 0 Å². The standard InChI is InChI=1S/C16H31N3O/c1-12-6-3-4-9-19(12)13(2)11-18-16(20)15-8-5-7-14(15)10-17/h12-15H,3-11,17H2,1-2H3,(H,18,20)/t12?,13?,14-,15-/m1/s1. The van der Waals surface area contributed by atoms with E-state index in [2.05, 4.69) is 24.1 Å². The lowest BCUT2D eigenvalue weighted by atomic mass is 9.95. The lowest BCUT2D eigenvalue weighted by Gasteiger charge is -2.38. The monoisotopic (exact) mass is 281 g/mol. The number of piperidine rings is 1. The Kier molecular flexibility index (Phi) is 5.85. The molecule has 1 saturated heterocycles. The highest BCUT2D eigenvalue weighted by Gasteiger charge is 2.32. The van der Waals surface area contributed by atoms with E-state index in [9.17, 15) is 4.79 Å². The number of amides is 1. The highest BCUT2D eigenvalue weighted by Crippen LogP contribution is 2.31. The van der Waals surface area contributed by atoms with Gasteiger partial charge in [-0.3, -0.25) is 9.69 Å². The fourth-order valence-electron chi connectivity index (χ4n) is 3.94. The maximum atomic E-state index is 12.3.